The highest BCUT2D eigenvalue weighted by atomic mass is 15.1. The molecule has 1 aliphatic rings. The molecule has 1 aromatic carbocycles. The maximum absolute atomic E-state index is 4.69. The van der Waals surface area contributed by atoms with Crippen molar-refractivity contribution in [2.75, 3.05) is 31.5 Å². The molecule has 0 atom stereocenters. The molecule has 1 aromatic heterocycles. The van der Waals surface area contributed by atoms with Gasteiger partial charge in [-0.2, -0.15) is 0 Å². The monoisotopic (exact) mass is 269 g/mol. The normalized spacial score (nSPS) is 15.8. The molecule has 1 aliphatic heterocycles. The van der Waals surface area contributed by atoms with Crippen molar-refractivity contribution in [1.82, 2.24) is 9.88 Å². The Bertz CT molecular complexity index is 573. The average molecular weight is 269 g/mol. The van der Waals surface area contributed by atoms with Gasteiger partial charge < -0.3 is 10.2 Å². The summed E-state index contributed by atoms with van der Waals surface area (Å²) in [6.45, 7) is 6.81. The van der Waals surface area contributed by atoms with Gasteiger partial charge in [0.25, 0.3) is 0 Å². The van der Waals surface area contributed by atoms with Crippen molar-refractivity contribution >= 4 is 16.6 Å². The zero-order chi connectivity index (χ0) is 13.8. The highest BCUT2D eigenvalue weighted by molar-refractivity contribution is 5.91. The van der Waals surface area contributed by atoms with Crippen molar-refractivity contribution in [3.05, 3.63) is 36.0 Å². The topological polar surface area (TPSA) is 28.2 Å². The third-order valence-corrected chi connectivity index (χ3v) is 4.09. The lowest BCUT2D eigenvalue weighted by atomic mass is 10.1. The number of benzene rings is 1. The Balaban J connectivity index is 1.70. The molecule has 0 aliphatic carbocycles. The van der Waals surface area contributed by atoms with E-state index in [0.29, 0.717) is 0 Å². The second kappa shape index (κ2) is 6.23. The SMILES string of the molecule is CCc1ccc2c(NCCN3CCCC3)cccc2n1. The average Bonchev–Trinajstić information content (AvgIpc) is 3.00. The minimum atomic E-state index is 0.989. The van der Waals surface area contributed by atoms with Gasteiger partial charge in [0, 0.05) is 29.9 Å². The number of nitrogens with one attached hydrogen (secondary N) is 1. The van der Waals surface area contributed by atoms with Crippen LogP contribution in [0.1, 0.15) is 25.5 Å². The molecule has 0 spiro atoms. The van der Waals surface area contributed by atoms with E-state index < -0.39 is 0 Å². The molecule has 3 rings (SSSR count). The highest BCUT2D eigenvalue weighted by Gasteiger charge is 2.10. The Hall–Kier alpha value is -1.61. The molecule has 20 heavy (non-hydrogen) atoms. The molecule has 1 N–H and O–H groups in total. The summed E-state index contributed by atoms with van der Waals surface area (Å²) in [4.78, 5) is 7.22. The lowest BCUT2D eigenvalue weighted by Gasteiger charge is -2.16. The van der Waals surface area contributed by atoms with E-state index in [9.17, 15) is 0 Å². The summed E-state index contributed by atoms with van der Waals surface area (Å²) in [5.41, 5.74) is 3.46. The van der Waals surface area contributed by atoms with E-state index in [4.69, 9.17) is 0 Å². The van der Waals surface area contributed by atoms with E-state index >= 15 is 0 Å². The largest absolute Gasteiger partial charge is 0.383 e. The smallest absolute Gasteiger partial charge is 0.0726 e. The van der Waals surface area contributed by atoms with Crippen molar-refractivity contribution in [1.29, 1.82) is 0 Å². The number of pyridine rings is 1. The third kappa shape index (κ3) is 2.93. The van der Waals surface area contributed by atoms with Gasteiger partial charge in [0.1, 0.15) is 0 Å². The van der Waals surface area contributed by atoms with Gasteiger partial charge >= 0.3 is 0 Å². The Morgan fingerprint density at radius 3 is 2.80 bits per heavy atom. The molecule has 1 saturated heterocycles. The van der Waals surface area contributed by atoms with Crippen LogP contribution in [0.15, 0.2) is 30.3 Å². The summed E-state index contributed by atoms with van der Waals surface area (Å²) < 4.78 is 0. The predicted molar refractivity (Wildman–Crippen MR) is 85.3 cm³/mol. The fourth-order valence-electron chi connectivity index (χ4n) is 2.90. The lowest BCUT2D eigenvalue weighted by Crippen LogP contribution is -2.25. The van der Waals surface area contributed by atoms with Crippen LogP contribution in [0.3, 0.4) is 0 Å². The van der Waals surface area contributed by atoms with E-state index in [1.165, 1.54) is 37.0 Å². The second-order valence-electron chi connectivity index (χ2n) is 5.50. The van der Waals surface area contributed by atoms with E-state index in [0.717, 1.165) is 30.7 Å². The molecule has 0 bridgehead atoms. The molecule has 3 heteroatoms. The summed E-state index contributed by atoms with van der Waals surface area (Å²) >= 11 is 0. The number of fused-ring (bicyclic) bond motifs is 1. The predicted octanol–water partition coefficient (Wildman–Crippen LogP) is 3.30. The van der Waals surface area contributed by atoms with Crippen LogP contribution in [0.2, 0.25) is 0 Å². The fourth-order valence-corrected chi connectivity index (χ4v) is 2.90. The van der Waals surface area contributed by atoms with Crippen LogP contribution >= 0.6 is 0 Å². The number of anilines is 1. The Kier molecular flexibility index (Phi) is 4.16. The van der Waals surface area contributed by atoms with E-state index in [-0.39, 0.29) is 0 Å². The van der Waals surface area contributed by atoms with Gasteiger partial charge in [-0.25, -0.2) is 0 Å². The van der Waals surface area contributed by atoms with Gasteiger partial charge in [-0.3, -0.25) is 4.98 Å². The Morgan fingerprint density at radius 1 is 1.15 bits per heavy atom. The molecular formula is C17H23N3. The number of aryl methyl sites for hydroxylation is 1. The molecule has 106 valence electrons. The number of rotatable bonds is 5. The summed E-state index contributed by atoms with van der Waals surface area (Å²) in [6, 6.07) is 10.7. The molecule has 0 unspecified atom stereocenters. The van der Waals surface area contributed by atoms with Crippen LogP contribution in [0.25, 0.3) is 10.9 Å². The summed E-state index contributed by atoms with van der Waals surface area (Å²) in [5, 5.41) is 4.80. The van der Waals surface area contributed by atoms with Crippen LogP contribution < -0.4 is 5.32 Å². The van der Waals surface area contributed by atoms with Crippen LogP contribution in [-0.4, -0.2) is 36.1 Å². The number of likely N-dealkylation sites (tertiary alicyclic amines) is 1. The van der Waals surface area contributed by atoms with Crippen molar-refractivity contribution in [2.45, 2.75) is 26.2 Å². The molecule has 1 fully saturated rings. The van der Waals surface area contributed by atoms with Gasteiger partial charge in [0.15, 0.2) is 0 Å². The van der Waals surface area contributed by atoms with Gasteiger partial charge in [-0.15, -0.1) is 0 Å². The third-order valence-electron chi connectivity index (χ3n) is 4.09. The molecule has 2 heterocycles. The first-order valence-electron chi connectivity index (χ1n) is 7.71. The van der Waals surface area contributed by atoms with Crippen molar-refractivity contribution in [2.24, 2.45) is 0 Å². The molecule has 0 radical (unpaired) electrons. The molecular weight excluding hydrogens is 246 g/mol. The molecule has 0 amide bonds. The maximum atomic E-state index is 4.69. The maximum Gasteiger partial charge on any atom is 0.0726 e. The fraction of sp³-hybridized carbons (Fsp3) is 0.471. The number of nitrogens with zero attached hydrogens (tertiary/aromatic N) is 2. The van der Waals surface area contributed by atoms with Gasteiger partial charge in [0.2, 0.25) is 0 Å². The Labute approximate surface area is 121 Å². The molecule has 2 aromatic rings. The first-order chi connectivity index (χ1) is 9.86. The van der Waals surface area contributed by atoms with E-state index in [2.05, 4.69) is 52.5 Å². The molecule has 0 saturated carbocycles. The second-order valence-corrected chi connectivity index (χ2v) is 5.50. The van der Waals surface area contributed by atoms with Gasteiger partial charge in [-0.05, 0) is 56.6 Å². The highest BCUT2D eigenvalue weighted by Crippen LogP contribution is 2.22. The van der Waals surface area contributed by atoms with Crippen molar-refractivity contribution in [3.8, 4) is 0 Å². The van der Waals surface area contributed by atoms with Gasteiger partial charge in [0.05, 0.1) is 5.52 Å². The zero-order valence-corrected chi connectivity index (χ0v) is 12.2. The standard InChI is InChI=1S/C17H23N3/c1-2-14-8-9-15-16(6-5-7-17(15)19-14)18-10-13-20-11-3-4-12-20/h5-9,18H,2-4,10-13H2,1H3. The van der Waals surface area contributed by atoms with E-state index in [1.807, 2.05) is 0 Å². The first kappa shape index (κ1) is 13.4. The number of hydrogen-bond donors (Lipinski definition) is 1. The minimum absolute atomic E-state index is 0.989. The van der Waals surface area contributed by atoms with Crippen LogP contribution in [0.5, 0.6) is 0 Å². The van der Waals surface area contributed by atoms with Crippen LogP contribution in [-0.2, 0) is 6.42 Å². The van der Waals surface area contributed by atoms with Crippen molar-refractivity contribution < 1.29 is 0 Å². The number of aromatic nitrogens is 1. The molecule has 3 nitrogen and oxygen atoms in total. The first-order valence-corrected chi connectivity index (χ1v) is 7.71. The number of hydrogen-bond acceptors (Lipinski definition) is 3. The lowest BCUT2D eigenvalue weighted by molar-refractivity contribution is 0.353. The van der Waals surface area contributed by atoms with Crippen molar-refractivity contribution in [3.63, 3.8) is 0 Å². The Morgan fingerprint density at radius 2 is 2.00 bits per heavy atom. The summed E-state index contributed by atoms with van der Waals surface area (Å²) in [5.74, 6) is 0. The van der Waals surface area contributed by atoms with Gasteiger partial charge in [-0.1, -0.05) is 13.0 Å². The van der Waals surface area contributed by atoms with Crippen LogP contribution in [0.4, 0.5) is 5.69 Å². The zero-order valence-electron chi connectivity index (χ0n) is 12.2. The quantitative estimate of drug-likeness (QED) is 0.902. The van der Waals surface area contributed by atoms with E-state index in [1.54, 1.807) is 0 Å². The van der Waals surface area contributed by atoms with Crippen LogP contribution in [0, 0.1) is 0 Å². The summed E-state index contributed by atoms with van der Waals surface area (Å²) in [7, 11) is 0. The minimum Gasteiger partial charge on any atom is -0.383 e. The summed E-state index contributed by atoms with van der Waals surface area (Å²) in [6.07, 6.45) is 3.71.